The number of rotatable bonds is 3. The molecule has 1 aromatic rings. The summed E-state index contributed by atoms with van der Waals surface area (Å²) in [5, 5.41) is 9.77. The molecule has 0 aliphatic rings. The Labute approximate surface area is 88.5 Å². The van der Waals surface area contributed by atoms with E-state index in [1.807, 2.05) is 0 Å². The highest BCUT2D eigenvalue weighted by molar-refractivity contribution is 7.88. The van der Waals surface area contributed by atoms with Crippen LogP contribution < -0.4 is 0 Å². The van der Waals surface area contributed by atoms with Gasteiger partial charge in [-0.05, 0) is 12.1 Å². The lowest BCUT2D eigenvalue weighted by atomic mass is 10.4. The van der Waals surface area contributed by atoms with Crippen LogP contribution in [0.25, 0.3) is 0 Å². The summed E-state index contributed by atoms with van der Waals surface area (Å²) >= 11 is 5.76. The second-order valence-corrected chi connectivity index (χ2v) is 4.08. The molecule has 1 N–H and O–H groups in total. The van der Waals surface area contributed by atoms with Gasteiger partial charge in [0.2, 0.25) is 0 Å². The van der Waals surface area contributed by atoms with Gasteiger partial charge in [-0.15, -0.1) is 0 Å². The lowest BCUT2D eigenvalue weighted by molar-refractivity contribution is -0.131. The van der Waals surface area contributed by atoms with Crippen molar-refractivity contribution in [1.29, 1.82) is 0 Å². The van der Waals surface area contributed by atoms with Crippen molar-refractivity contribution in [2.75, 3.05) is 0 Å². The Morgan fingerprint density at radius 1 is 1.43 bits per heavy atom. The molecule has 0 amide bonds. The minimum atomic E-state index is -1.51. The zero-order valence-corrected chi connectivity index (χ0v) is 8.59. The maximum Gasteiger partial charge on any atom is 0.328 e. The number of carboxylic acid groups (broad SMARTS) is 1. The predicted octanol–water partition coefficient (Wildman–Crippen LogP) is 2.05. The van der Waals surface area contributed by atoms with Crippen LogP contribution in [0.4, 0.5) is 0 Å². The van der Waals surface area contributed by atoms with E-state index in [1.54, 1.807) is 24.3 Å². The van der Waals surface area contributed by atoms with Crippen LogP contribution in [0.1, 0.15) is 0 Å². The van der Waals surface area contributed by atoms with Crippen LogP contribution in [0.15, 0.2) is 40.6 Å². The topological polar surface area (TPSA) is 54.4 Å². The first kappa shape index (κ1) is 10.9. The van der Waals surface area contributed by atoms with Crippen molar-refractivity contribution < 1.29 is 14.1 Å². The van der Waals surface area contributed by atoms with E-state index in [-0.39, 0.29) is 0 Å². The average Bonchev–Trinajstić information content (AvgIpc) is 2.15. The smallest absolute Gasteiger partial charge is 0.328 e. The van der Waals surface area contributed by atoms with Crippen LogP contribution in [0.5, 0.6) is 0 Å². The van der Waals surface area contributed by atoms with E-state index in [0.29, 0.717) is 9.92 Å². The van der Waals surface area contributed by atoms with Crippen LogP contribution in [-0.4, -0.2) is 15.3 Å². The van der Waals surface area contributed by atoms with Gasteiger partial charge in [0, 0.05) is 11.5 Å². The summed E-state index contributed by atoms with van der Waals surface area (Å²) in [6, 6.07) is 6.59. The number of carbonyl (C=O) groups is 1. The molecule has 0 saturated heterocycles. The van der Waals surface area contributed by atoms with Gasteiger partial charge in [0.15, 0.2) is 0 Å². The Morgan fingerprint density at radius 3 is 2.64 bits per heavy atom. The Balaban J connectivity index is 2.91. The van der Waals surface area contributed by atoms with Gasteiger partial charge in [0.05, 0.1) is 20.7 Å². The number of hydrogen-bond donors (Lipinski definition) is 1. The molecule has 0 aliphatic heterocycles. The third-order valence-electron chi connectivity index (χ3n) is 1.39. The van der Waals surface area contributed by atoms with Gasteiger partial charge in [0.25, 0.3) is 0 Å². The minimum Gasteiger partial charge on any atom is -0.478 e. The fraction of sp³-hybridized carbons (Fsp3) is 0. The predicted molar refractivity (Wildman–Crippen MR) is 54.6 cm³/mol. The molecule has 0 spiro atoms. The van der Waals surface area contributed by atoms with E-state index in [4.69, 9.17) is 16.7 Å². The zero-order chi connectivity index (χ0) is 10.6. The monoisotopic (exact) mass is 230 g/mol. The normalized spacial score (nSPS) is 12.9. The lowest BCUT2D eigenvalue weighted by Crippen LogP contribution is -1.91. The summed E-state index contributed by atoms with van der Waals surface area (Å²) < 4.78 is 11.4. The zero-order valence-electron chi connectivity index (χ0n) is 7.01. The summed E-state index contributed by atoms with van der Waals surface area (Å²) in [6.07, 6.45) is 0.833. The molecule has 1 rings (SSSR count). The molecule has 1 aromatic carbocycles. The number of benzene rings is 1. The summed E-state index contributed by atoms with van der Waals surface area (Å²) in [4.78, 5) is 10.6. The third-order valence-corrected chi connectivity index (χ3v) is 3.00. The highest BCUT2D eigenvalue weighted by Gasteiger charge is 2.04. The highest BCUT2D eigenvalue weighted by atomic mass is 35.5. The average molecular weight is 231 g/mol. The van der Waals surface area contributed by atoms with E-state index in [9.17, 15) is 9.00 Å². The molecule has 5 heteroatoms. The van der Waals surface area contributed by atoms with Gasteiger partial charge in [-0.2, -0.15) is 0 Å². The molecule has 14 heavy (non-hydrogen) atoms. The van der Waals surface area contributed by atoms with E-state index in [2.05, 4.69) is 0 Å². The summed E-state index contributed by atoms with van der Waals surface area (Å²) in [5.74, 6) is -1.13. The van der Waals surface area contributed by atoms with E-state index in [1.165, 1.54) is 0 Å². The molecule has 0 heterocycles. The summed E-state index contributed by atoms with van der Waals surface area (Å²) in [7, 11) is -1.51. The van der Waals surface area contributed by atoms with E-state index in [0.717, 1.165) is 11.5 Å². The van der Waals surface area contributed by atoms with Gasteiger partial charge in [-0.1, -0.05) is 23.7 Å². The van der Waals surface area contributed by atoms with Crippen LogP contribution >= 0.6 is 11.6 Å². The second-order valence-electron chi connectivity index (χ2n) is 2.37. The second kappa shape index (κ2) is 4.93. The van der Waals surface area contributed by atoms with Crippen LogP contribution in [0, 0.1) is 0 Å². The molecular weight excluding hydrogens is 224 g/mol. The summed E-state index contributed by atoms with van der Waals surface area (Å²) in [6.45, 7) is 0. The van der Waals surface area contributed by atoms with Crippen LogP contribution in [-0.2, 0) is 15.6 Å². The number of carboxylic acids is 1. The molecule has 3 nitrogen and oxygen atoms in total. The van der Waals surface area contributed by atoms with Gasteiger partial charge in [-0.25, -0.2) is 9.00 Å². The molecule has 1 unspecified atom stereocenters. The van der Waals surface area contributed by atoms with E-state index < -0.39 is 16.8 Å². The molecule has 0 aliphatic carbocycles. The van der Waals surface area contributed by atoms with Crippen molar-refractivity contribution in [2.45, 2.75) is 4.90 Å². The first-order chi connectivity index (χ1) is 6.61. The Kier molecular flexibility index (Phi) is 3.85. The number of aliphatic carboxylic acids is 1. The number of hydrogen-bond acceptors (Lipinski definition) is 2. The van der Waals surface area contributed by atoms with Crippen molar-refractivity contribution in [3.05, 3.63) is 40.8 Å². The first-order valence-electron chi connectivity index (χ1n) is 3.67. The SMILES string of the molecule is O=C(O)/C=C/S(=O)c1ccccc1Cl. The van der Waals surface area contributed by atoms with Crippen molar-refractivity contribution in [3.63, 3.8) is 0 Å². The van der Waals surface area contributed by atoms with Gasteiger partial charge < -0.3 is 5.11 Å². The Hall–Kier alpha value is -1.13. The van der Waals surface area contributed by atoms with Crippen LogP contribution in [0.3, 0.4) is 0 Å². The summed E-state index contributed by atoms with van der Waals surface area (Å²) in [5.41, 5.74) is 0. The van der Waals surface area contributed by atoms with Gasteiger partial charge in [-0.3, -0.25) is 0 Å². The molecule has 0 aromatic heterocycles. The quantitative estimate of drug-likeness (QED) is 0.809. The van der Waals surface area contributed by atoms with Gasteiger partial charge >= 0.3 is 5.97 Å². The van der Waals surface area contributed by atoms with Crippen LogP contribution in [0.2, 0.25) is 5.02 Å². The van der Waals surface area contributed by atoms with Gasteiger partial charge in [0.1, 0.15) is 0 Å². The van der Waals surface area contributed by atoms with Crippen molar-refractivity contribution in [1.82, 2.24) is 0 Å². The third kappa shape index (κ3) is 2.97. The molecule has 0 fully saturated rings. The van der Waals surface area contributed by atoms with Crippen molar-refractivity contribution in [2.24, 2.45) is 0 Å². The fourth-order valence-electron chi connectivity index (χ4n) is 0.801. The Morgan fingerprint density at radius 2 is 2.07 bits per heavy atom. The lowest BCUT2D eigenvalue weighted by Gasteiger charge is -1.98. The first-order valence-corrected chi connectivity index (χ1v) is 5.26. The van der Waals surface area contributed by atoms with E-state index >= 15 is 0 Å². The molecule has 0 radical (unpaired) electrons. The highest BCUT2D eigenvalue weighted by Crippen LogP contribution is 2.19. The number of halogens is 1. The fourth-order valence-corrected chi connectivity index (χ4v) is 2.02. The largest absolute Gasteiger partial charge is 0.478 e. The molecular formula is C9H7ClO3S. The molecule has 0 saturated carbocycles. The maximum atomic E-state index is 11.4. The molecule has 0 bridgehead atoms. The minimum absolute atomic E-state index is 0.362. The molecule has 1 atom stereocenters. The standard InChI is InChI=1S/C9H7ClO3S/c10-7-3-1-2-4-8(7)14(13)6-5-9(11)12/h1-6H,(H,11,12)/b6-5+. The molecule has 74 valence electrons. The van der Waals surface area contributed by atoms with Crippen molar-refractivity contribution in [3.8, 4) is 0 Å². The maximum absolute atomic E-state index is 11.4. The van der Waals surface area contributed by atoms with Crippen molar-refractivity contribution >= 4 is 28.4 Å². The Bertz CT molecular complexity index is 401.